The summed E-state index contributed by atoms with van der Waals surface area (Å²) in [4.78, 5) is 0. The van der Waals surface area contributed by atoms with Gasteiger partial charge in [-0.1, -0.05) is 54.6 Å². The lowest BCUT2D eigenvalue weighted by Gasteiger charge is -2.18. The van der Waals surface area contributed by atoms with Crippen LogP contribution in [0.5, 0.6) is 0 Å². The molecule has 20 heavy (non-hydrogen) atoms. The normalized spacial score (nSPS) is 13.9. The van der Waals surface area contributed by atoms with Crippen molar-refractivity contribution < 1.29 is 14.9 Å². The van der Waals surface area contributed by atoms with Gasteiger partial charge in [0.25, 0.3) is 0 Å². The SMILES string of the molecule is CCOCC(O)C(O)c1ccc(-c2ccccc2)cc1. The molecule has 0 bridgehead atoms. The molecule has 0 saturated heterocycles. The Hall–Kier alpha value is -1.68. The third kappa shape index (κ3) is 3.67. The highest BCUT2D eigenvalue weighted by molar-refractivity contribution is 5.63. The van der Waals surface area contributed by atoms with Gasteiger partial charge in [0.15, 0.2) is 0 Å². The lowest BCUT2D eigenvalue weighted by molar-refractivity contribution is -0.0367. The second kappa shape index (κ2) is 7.20. The van der Waals surface area contributed by atoms with Crippen molar-refractivity contribution >= 4 is 0 Å². The molecule has 0 amide bonds. The third-order valence-electron chi connectivity index (χ3n) is 3.22. The van der Waals surface area contributed by atoms with Crippen molar-refractivity contribution in [1.29, 1.82) is 0 Å². The second-order valence-corrected chi connectivity index (χ2v) is 4.66. The van der Waals surface area contributed by atoms with Crippen molar-refractivity contribution in [2.45, 2.75) is 19.1 Å². The van der Waals surface area contributed by atoms with Crippen molar-refractivity contribution in [2.24, 2.45) is 0 Å². The molecule has 0 radical (unpaired) electrons. The Balaban J connectivity index is 2.08. The minimum absolute atomic E-state index is 0.137. The molecule has 0 aliphatic carbocycles. The van der Waals surface area contributed by atoms with E-state index in [1.165, 1.54) is 0 Å². The van der Waals surface area contributed by atoms with Gasteiger partial charge in [-0.15, -0.1) is 0 Å². The van der Waals surface area contributed by atoms with Crippen molar-refractivity contribution in [3.63, 3.8) is 0 Å². The molecule has 0 aromatic heterocycles. The van der Waals surface area contributed by atoms with Gasteiger partial charge in [-0.25, -0.2) is 0 Å². The van der Waals surface area contributed by atoms with Crippen LogP contribution in [0.4, 0.5) is 0 Å². The van der Waals surface area contributed by atoms with Crippen molar-refractivity contribution in [3.8, 4) is 11.1 Å². The molecule has 0 saturated carbocycles. The van der Waals surface area contributed by atoms with E-state index < -0.39 is 12.2 Å². The predicted octanol–water partition coefficient (Wildman–Crippen LogP) is 2.78. The number of ether oxygens (including phenoxy) is 1. The molecule has 3 nitrogen and oxygen atoms in total. The van der Waals surface area contributed by atoms with Crippen LogP contribution in [0, 0.1) is 0 Å². The maximum Gasteiger partial charge on any atom is 0.107 e. The molecule has 106 valence electrons. The van der Waals surface area contributed by atoms with E-state index in [-0.39, 0.29) is 6.61 Å². The minimum atomic E-state index is -0.925. The van der Waals surface area contributed by atoms with Crippen LogP contribution in [0.1, 0.15) is 18.6 Å². The quantitative estimate of drug-likeness (QED) is 0.850. The van der Waals surface area contributed by atoms with Gasteiger partial charge in [0.05, 0.1) is 6.61 Å². The fourth-order valence-corrected chi connectivity index (χ4v) is 2.06. The zero-order valence-electron chi connectivity index (χ0n) is 11.6. The van der Waals surface area contributed by atoms with E-state index in [0.717, 1.165) is 11.1 Å². The van der Waals surface area contributed by atoms with Gasteiger partial charge in [-0.05, 0) is 23.6 Å². The fraction of sp³-hybridized carbons (Fsp3) is 0.294. The zero-order chi connectivity index (χ0) is 14.4. The Morgan fingerprint density at radius 2 is 1.50 bits per heavy atom. The van der Waals surface area contributed by atoms with Crippen molar-refractivity contribution in [2.75, 3.05) is 13.2 Å². The number of hydrogen-bond donors (Lipinski definition) is 2. The van der Waals surface area contributed by atoms with Crippen LogP contribution >= 0.6 is 0 Å². The highest BCUT2D eigenvalue weighted by atomic mass is 16.5. The Kier molecular flexibility index (Phi) is 5.30. The first-order chi connectivity index (χ1) is 9.72. The van der Waals surface area contributed by atoms with Crippen LogP contribution in [0.2, 0.25) is 0 Å². The molecule has 2 atom stereocenters. The molecule has 0 aliphatic heterocycles. The van der Waals surface area contributed by atoms with E-state index in [0.29, 0.717) is 12.2 Å². The van der Waals surface area contributed by atoms with Crippen LogP contribution in [-0.4, -0.2) is 29.5 Å². The molecule has 0 fully saturated rings. The average Bonchev–Trinajstić information content (AvgIpc) is 2.53. The first-order valence-corrected chi connectivity index (χ1v) is 6.81. The second-order valence-electron chi connectivity index (χ2n) is 4.66. The monoisotopic (exact) mass is 272 g/mol. The lowest BCUT2D eigenvalue weighted by atomic mass is 10.00. The van der Waals surface area contributed by atoms with Gasteiger partial charge in [-0.3, -0.25) is 0 Å². The van der Waals surface area contributed by atoms with Gasteiger partial charge < -0.3 is 14.9 Å². The summed E-state index contributed by atoms with van der Waals surface area (Å²) < 4.78 is 5.12. The molecule has 2 unspecified atom stereocenters. The van der Waals surface area contributed by atoms with Crippen molar-refractivity contribution in [1.82, 2.24) is 0 Å². The van der Waals surface area contributed by atoms with Crippen LogP contribution in [-0.2, 0) is 4.74 Å². The summed E-state index contributed by atoms with van der Waals surface area (Å²) >= 11 is 0. The van der Waals surface area contributed by atoms with Crippen LogP contribution in [0.25, 0.3) is 11.1 Å². The number of benzene rings is 2. The van der Waals surface area contributed by atoms with Gasteiger partial charge in [0.1, 0.15) is 12.2 Å². The first kappa shape index (κ1) is 14.7. The maximum absolute atomic E-state index is 10.0. The summed E-state index contributed by atoms with van der Waals surface area (Å²) in [6.45, 7) is 2.52. The lowest BCUT2D eigenvalue weighted by Crippen LogP contribution is -2.23. The van der Waals surface area contributed by atoms with Crippen LogP contribution in [0.15, 0.2) is 54.6 Å². The van der Waals surface area contributed by atoms with Gasteiger partial charge >= 0.3 is 0 Å². The zero-order valence-corrected chi connectivity index (χ0v) is 11.6. The Morgan fingerprint density at radius 1 is 0.900 bits per heavy atom. The van der Waals surface area contributed by atoms with E-state index in [4.69, 9.17) is 4.74 Å². The minimum Gasteiger partial charge on any atom is -0.388 e. The van der Waals surface area contributed by atoms with E-state index in [9.17, 15) is 10.2 Å². The summed E-state index contributed by atoms with van der Waals surface area (Å²) in [6.07, 6.45) is -1.83. The highest BCUT2D eigenvalue weighted by Crippen LogP contribution is 2.23. The Bertz CT molecular complexity index is 508. The molecule has 3 heteroatoms. The predicted molar refractivity (Wildman–Crippen MR) is 79.3 cm³/mol. The number of aliphatic hydroxyl groups excluding tert-OH is 2. The summed E-state index contributed by atoms with van der Waals surface area (Å²) in [5, 5.41) is 19.9. The molecular weight excluding hydrogens is 252 g/mol. The van der Waals surface area contributed by atoms with E-state index in [2.05, 4.69) is 0 Å². The van der Waals surface area contributed by atoms with Gasteiger partial charge in [-0.2, -0.15) is 0 Å². The largest absolute Gasteiger partial charge is 0.388 e. The molecule has 0 spiro atoms. The molecule has 2 aromatic rings. The first-order valence-electron chi connectivity index (χ1n) is 6.81. The van der Waals surface area contributed by atoms with E-state index in [1.54, 1.807) is 0 Å². The highest BCUT2D eigenvalue weighted by Gasteiger charge is 2.18. The topological polar surface area (TPSA) is 49.7 Å². The van der Waals surface area contributed by atoms with Crippen molar-refractivity contribution in [3.05, 3.63) is 60.2 Å². The Labute approximate surface area is 119 Å². The molecule has 2 N–H and O–H groups in total. The summed E-state index contributed by atoms with van der Waals surface area (Å²) in [7, 11) is 0. The van der Waals surface area contributed by atoms with Crippen LogP contribution in [0.3, 0.4) is 0 Å². The number of rotatable bonds is 6. The maximum atomic E-state index is 10.0. The Morgan fingerprint density at radius 3 is 2.10 bits per heavy atom. The summed E-state index contributed by atoms with van der Waals surface area (Å²) in [6, 6.07) is 17.6. The average molecular weight is 272 g/mol. The molecule has 2 rings (SSSR count). The number of hydrogen-bond acceptors (Lipinski definition) is 3. The standard InChI is InChI=1S/C17H20O3/c1-2-20-12-16(18)17(19)15-10-8-14(9-11-15)13-6-4-3-5-7-13/h3-11,16-19H,2,12H2,1H3. The third-order valence-corrected chi connectivity index (χ3v) is 3.22. The van der Waals surface area contributed by atoms with Crippen LogP contribution < -0.4 is 0 Å². The molecule has 2 aromatic carbocycles. The number of aliphatic hydroxyl groups is 2. The molecular formula is C17H20O3. The smallest absolute Gasteiger partial charge is 0.107 e. The van der Waals surface area contributed by atoms with Gasteiger partial charge in [0, 0.05) is 6.61 Å². The summed E-state index contributed by atoms with van der Waals surface area (Å²) in [5.41, 5.74) is 2.90. The van der Waals surface area contributed by atoms with Gasteiger partial charge in [0.2, 0.25) is 0 Å². The molecule has 0 aliphatic rings. The van der Waals surface area contributed by atoms with E-state index in [1.807, 2.05) is 61.5 Å². The molecule has 0 heterocycles. The van der Waals surface area contributed by atoms with E-state index >= 15 is 0 Å². The fourth-order valence-electron chi connectivity index (χ4n) is 2.06. The summed E-state index contributed by atoms with van der Waals surface area (Å²) in [5.74, 6) is 0.